The number of carbonyl (C=O) groups is 1. The number of aliphatic hydroxyl groups excluding tert-OH is 2. The van der Waals surface area contributed by atoms with E-state index in [4.69, 9.17) is 15.0 Å². The van der Waals surface area contributed by atoms with Crippen molar-refractivity contribution >= 4 is 30.8 Å². The molecule has 1 unspecified atom stereocenters. The van der Waals surface area contributed by atoms with Gasteiger partial charge in [-0.1, -0.05) is 89.2 Å². The topological polar surface area (TPSA) is 215 Å². The maximum absolute atomic E-state index is 12.2. The predicted octanol–water partition coefficient (Wildman–Crippen LogP) is 4.86. The molecule has 3 heterocycles. The van der Waals surface area contributed by atoms with E-state index in [-0.39, 0.29) is 23.4 Å². The number of phenols is 1. The maximum Gasteiger partial charge on any atom is 0.322 e. The zero-order valence-corrected chi connectivity index (χ0v) is 28.3. The summed E-state index contributed by atoms with van der Waals surface area (Å²) < 4.78 is 28.6. The summed E-state index contributed by atoms with van der Waals surface area (Å²) in [6, 6.07) is 7.48. The molecule has 1 aliphatic rings. The Hall–Kier alpha value is -3.13. The number of aromatic hydroxyl groups is 1. The second kappa shape index (κ2) is 19.2. The van der Waals surface area contributed by atoms with Gasteiger partial charge in [-0.15, -0.1) is 0 Å². The summed E-state index contributed by atoms with van der Waals surface area (Å²) in [6.45, 7) is -0.671. The van der Waals surface area contributed by atoms with Crippen LogP contribution in [0.25, 0.3) is 11.2 Å². The Balaban J connectivity index is 0.972. The first-order chi connectivity index (χ1) is 23.1. The molecule has 0 spiro atoms. The summed E-state index contributed by atoms with van der Waals surface area (Å²) in [6.07, 6.45) is 14.0. The lowest BCUT2D eigenvalue weighted by Crippen LogP contribution is -2.34. The fourth-order valence-electron chi connectivity index (χ4n) is 5.90. The molecule has 1 aliphatic heterocycles. The fourth-order valence-corrected chi connectivity index (χ4v) is 6.62. The van der Waals surface area contributed by atoms with Crippen LogP contribution in [-0.4, -0.2) is 65.7 Å². The highest BCUT2D eigenvalue weighted by Crippen LogP contribution is 2.41. The Labute approximate surface area is 281 Å². The number of phosphoric ester groups is 1. The third kappa shape index (κ3) is 11.8. The highest BCUT2D eigenvalue weighted by atomic mass is 31.2. The Morgan fingerprint density at radius 1 is 0.875 bits per heavy atom. The molecular weight excluding hydrogens is 641 g/mol. The van der Waals surface area contributed by atoms with Crippen LogP contribution in [-0.2, 0) is 29.6 Å². The third-order valence-electron chi connectivity index (χ3n) is 8.64. The molecule has 0 bridgehead atoms. The third-order valence-corrected chi connectivity index (χ3v) is 9.53. The molecule has 14 nitrogen and oxygen atoms in total. The Morgan fingerprint density at radius 3 is 2.08 bits per heavy atom. The van der Waals surface area contributed by atoms with Crippen LogP contribution < -0.4 is 10.6 Å². The van der Waals surface area contributed by atoms with Crippen molar-refractivity contribution in [2.24, 2.45) is 0 Å². The number of fused-ring (bicyclic) bond motifs is 1. The van der Waals surface area contributed by atoms with Crippen molar-refractivity contribution in [2.45, 2.75) is 127 Å². The normalized spacial score (nSPS) is 20.6. The minimum absolute atomic E-state index is 0.0472. The lowest BCUT2D eigenvalue weighted by Gasteiger charge is -2.24. The van der Waals surface area contributed by atoms with E-state index < -0.39 is 44.9 Å². The van der Waals surface area contributed by atoms with E-state index in [2.05, 4.69) is 19.5 Å². The van der Waals surface area contributed by atoms with Gasteiger partial charge in [0.15, 0.2) is 17.7 Å². The number of nitrogen functional groups attached to an aromatic ring is 1. The van der Waals surface area contributed by atoms with E-state index in [1.807, 2.05) is 12.1 Å². The molecule has 3 aromatic rings. The van der Waals surface area contributed by atoms with Crippen LogP contribution in [0.5, 0.6) is 5.75 Å². The maximum atomic E-state index is 12.2. The van der Waals surface area contributed by atoms with Gasteiger partial charge in [-0.2, -0.15) is 0 Å². The highest BCUT2D eigenvalue weighted by Gasteiger charge is 2.45. The molecule has 1 saturated heterocycles. The molecule has 48 heavy (non-hydrogen) atoms. The minimum atomic E-state index is -5.01. The quantitative estimate of drug-likeness (QED) is 0.0820. The van der Waals surface area contributed by atoms with Crippen molar-refractivity contribution in [2.75, 3.05) is 12.3 Å². The molecule has 2 aromatic heterocycles. The van der Waals surface area contributed by atoms with E-state index in [9.17, 15) is 29.6 Å². The van der Waals surface area contributed by atoms with Gasteiger partial charge in [0, 0.05) is 6.42 Å². The number of phosphoric acid groups is 1. The SMILES string of the molecule is Nc1ncnc2c1ncn2[C@@H]1O[C@H](COP(=O)([O-])OC(=O)CCCCCCCCCCCCCCCCc2ccc(O)cc2)[C@@H](O)[C@H]1O. The van der Waals surface area contributed by atoms with Crippen LogP contribution in [0, 0.1) is 0 Å². The number of nitrogens with zero attached hydrogens (tertiary/aromatic N) is 4. The van der Waals surface area contributed by atoms with Crippen molar-refractivity contribution < 1.29 is 43.4 Å². The van der Waals surface area contributed by atoms with Gasteiger partial charge in [-0.05, 0) is 37.0 Å². The number of nitrogens with two attached hydrogens (primary N) is 1. The number of unbranched alkanes of at least 4 members (excludes halogenated alkanes) is 13. The largest absolute Gasteiger partial charge is 0.746 e. The highest BCUT2D eigenvalue weighted by molar-refractivity contribution is 7.46. The molecule has 15 heteroatoms. The number of hydrogen-bond donors (Lipinski definition) is 4. The number of aliphatic hydroxyl groups is 2. The Bertz CT molecular complexity index is 1460. The molecule has 0 aliphatic carbocycles. The van der Waals surface area contributed by atoms with Crippen molar-refractivity contribution in [1.82, 2.24) is 19.5 Å². The first-order valence-electron chi connectivity index (χ1n) is 17.0. The first kappa shape index (κ1) is 37.7. The van der Waals surface area contributed by atoms with Gasteiger partial charge in [0.2, 0.25) is 0 Å². The first-order valence-corrected chi connectivity index (χ1v) is 18.5. The molecular formula is C33H49N5O9P-. The molecule has 0 radical (unpaired) electrons. The molecule has 5 N–H and O–H groups in total. The van der Waals surface area contributed by atoms with Gasteiger partial charge in [0.25, 0.3) is 0 Å². The Morgan fingerprint density at radius 2 is 1.46 bits per heavy atom. The van der Waals surface area contributed by atoms with Crippen molar-refractivity contribution in [1.29, 1.82) is 0 Å². The van der Waals surface area contributed by atoms with Gasteiger partial charge < -0.3 is 39.7 Å². The molecule has 4 rings (SSSR count). The average molecular weight is 691 g/mol. The van der Waals surface area contributed by atoms with E-state index in [0.717, 1.165) is 32.1 Å². The van der Waals surface area contributed by atoms with Crippen molar-refractivity contribution in [3.63, 3.8) is 0 Å². The van der Waals surface area contributed by atoms with Crippen LogP contribution in [0.3, 0.4) is 0 Å². The second-order valence-corrected chi connectivity index (χ2v) is 13.8. The van der Waals surface area contributed by atoms with Gasteiger partial charge in [0.05, 0.1) is 12.9 Å². The number of rotatable bonds is 22. The van der Waals surface area contributed by atoms with E-state index in [0.29, 0.717) is 12.2 Å². The molecule has 1 fully saturated rings. The number of aromatic nitrogens is 4. The van der Waals surface area contributed by atoms with Crippen molar-refractivity contribution in [3.05, 3.63) is 42.5 Å². The summed E-state index contributed by atoms with van der Waals surface area (Å²) in [5.74, 6) is -0.461. The smallest absolute Gasteiger partial charge is 0.322 e. The van der Waals surface area contributed by atoms with Gasteiger partial charge >= 0.3 is 13.8 Å². The summed E-state index contributed by atoms with van der Waals surface area (Å²) in [5, 5.41) is 30.3. The average Bonchev–Trinajstić information content (AvgIpc) is 3.61. The summed E-state index contributed by atoms with van der Waals surface area (Å²) in [5.41, 5.74) is 7.61. The molecule has 0 amide bonds. The fraction of sp³-hybridized carbons (Fsp3) is 0.636. The number of aryl methyl sites for hydroxylation is 1. The van der Waals surface area contributed by atoms with E-state index in [1.165, 1.54) is 80.6 Å². The number of imidazole rings is 1. The zero-order valence-electron chi connectivity index (χ0n) is 27.4. The number of anilines is 1. The summed E-state index contributed by atoms with van der Waals surface area (Å²) in [4.78, 5) is 36.4. The monoisotopic (exact) mass is 690 g/mol. The van der Waals surface area contributed by atoms with E-state index in [1.54, 1.807) is 12.1 Å². The van der Waals surface area contributed by atoms with E-state index >= 15 is 0 Å². The second-order valence-electron chi connectivity index (χ2n) is 12.5. The minimum Gasteiger partial charge on any atom is -0.746 e. The van der Waals surface area contributed by atoms with Crippen LogP contribution >= 0.6 is 7.82 Å². The summed E-state index contributed by atoms with van der Waals surface area (Å²) >= 11 is 0. The zero-order chi connectivity index (χ0) is 34.4. The van der Waals surface area contributed by atoms with Gasteiger partial charge in [-0.3, -0.25) is 13.9 Å². The van der Waals surface area contributed by atoms with Gasteiger partial charge in [0.1, 0.15) is 35.9 Å². The van der Waals surface area contributed by atoms with Gasteiger partial charge in [-0.25, -0.2) is 15.0 Å². The van der Waals surface area contributed by atoms with Crippen LogP contribution in [0.2, 0.25) is 0 Å². The summed E-state index contributed by atoms with van der Waals surface area (Å²) in [7, 11) is -5.01. The number of ether oxygens (including phenoxy) is 1. The number of carbonyl (C=O) groups excluding carboxylic acids is 1. The number of phenolic OH excluding ortho intramolecular Hbond substituents is 1. The number of hydrogen-bond acceptors (Lipinski definition) is 13. The Kier molecular flexibility index (Phi) is 15.0. The molecule has 266 valence electrons. The molecule has 0 saturated carbocycles. The predicted molar refractivity (Wildman–Crippen MR) is 176 cm³/mol. The molecule has 5 atom stereocenters. The van der Waals surface area contributed by atoms with Crippen LogP contribution in [0.15, 0.2) is 36.9 Å². The molecule has 1 aromatic carbocycles. The standard InChI is InChI=1S/C33H50N5O9P/c34-31-28-32(36-22-35-31)38(23-37-28)33-30(42)29(41)26(46-33)21-45-48(43,44)47-27(40)16-14-12-10-8-6-4-2-1-3-5-7-9-11-13-15-24-17-19-25(39)20-18-24/h17-20,22-23,26,29-30,33,39,41-42H,1-16,21H2,(H,43,44)(H2,34,35,36)/p-1/t26-,29-,30-,33-/m1/s1. The number of benzene rings is 1. The van der Waals surface area contributed by atoms with Crippen LogP contribution in [0.1, 0.15) is 108 Å². The van der Waals surface area contributed by atoms with Crippen molar-refractivity contribution in [3.8, 4) is 5.75 Å². The van der Waals surface area contributed by atoms with Crippen LogP contribution in [0.4, 0.5) is 5.82 Å². The lowest BCUT2D eigenvalue weighted by atomic mass is 10.0. The lowest BCUT2D eigenvalue weighted by molar-refractivity contribution is -0.227.